The number of carbonyl (C=O) groups excluding carboxylic acids is 1. The first-order chi connectivity index (χ1) is 17.4. The molecule has 0 bridgehead atoms. The van der Waals surface area contributed by atoms with Crippen molar-refractivity contribution in [2.24, 2.45) is 0 Å². The number of aliphatic hydroxyl groups is 10. The average molecular weight is 545 g/mol. The smallest absolute Gasteiger partial charge is 0.217 e. The lowest BCUT2D eigenvalue weighted by Crippen LogP contribution is -2.69. The van der Waals surface area contributed by atoms with Crippen molar-refractivity contribution in [1.82, 2.24) is 5.32 Å². The molecule has 1 amide bonds. The van der Waals surface area contributed by atoms with Crippen LogP contribution in [0.3, 0.4) is 0 Å². The van der Waals surface area contributed by atoms with Gasteiger partial charge in [-0.2, -0.15) is 0 Å². The van der Waals surface area contributed by atoms with E-state index in [4.69, 9.17) is 23.7 Å². The number of hydrogen-bond acceptors (Lipinski definition) is 16. The number of amides is 1. The first-order valence-corrected chi connectivity index (χ1v) is 11.6. The Balaban J connectivity index is 1.83. The molecule has 0 aromatic heterocycles. The van der Waals surface area contributed by atoms with E-state index in [1.54, 1.807) is 0 Å². The highest BCUT2D eigenvalue weighted by Gasteiger charge is 2.53. The third-order valence-corrected chi connectivity index (χ3v) is 6.49. The Bertz CT molecular complexity index is 743. The van der Waals surface area contributed by atoms with Crippen molar-refractivity contribution in [1.29, 1.82) is 0 Å². The largest absolute Gasteiger partial charge is 0.394 e. The van der Waals surface area contributed by atoms with E-state index in [0.717, 1.165) is 6.92 Å². The molecule has 3 heterocycles. The Hall–Kier alpha value is -1.13. The van der Waals surface area contributed by atoms with Crippen molar-refractivity contribution in [3.05, 3.63) is 0 Å². The van der Waals surface area contributed by atoms with Crippen LogP contribution in [-0.2, 0) is 28.5 Å². The second kappa shape index (κ2) is 12.8. The number of rotatable bonds is 8. The van der Waals surface area contributed by atoms with Gasteiger partial charge in [0.25, 0.3) is 0 Å². The first-order valence-electron chi connectivity index (χ1n) is 11.6. The van der Waals surface area contributed by atoms with Gasteiger partial charge in [0.15, 0.2) is 18.9 Å². The summed E-state index contributed by atoms with van der Waals surface area (Å²) < 4.78 is 27.2. The molecule has 216 valence electrons. The molecule has 3 aliphatic rings. The normalized spacial score (nSPS) is 49.0. The predicted molar refractivity (Wildman–Crippen MR) is 113 cm³/mol. The van der Waals surface area contributed by atoms with E-state index >= 15 is 0 Å². The van der Waals surface area contributed by atoms with Crippen molar-refractivity contribution in [2.45, 2.75) is 99.0 Å². The highest BCUT2D eigenvalue weighted by molar-refractivity contribution is 5.73. The minimum absolute atomic E-state index is 0.676. The quantitative estimate of drug-likeness (QED) is 0.135. The SMILES string of the molecule is CC(=O)N[C@H]1[C@H](O[C@H]2[C@H](O)[C@H](O)[C@H](O)O[C@@H]2CO)O[C@H](CO)[C@@H](O[C@@H]2O[C@H](CO)[C@H](O)[C@H](O)[C@H]2O)[C@@H]1O. The van der Waals surface area contributed by atoms with E-state index in [-0.39, 0.29) is 0 Å². The van der Waals surface area contributed by atoms with Crippen molar-refractivity contribution < 1.29 is 79.5 Å². The molecule has 3 rings (SSSR count). The number of ether oxygens (including phenoxy) is 5. The molecule has 0 aromatic rings. The van der Waals surface area contributed by atoms with Crippen LogP contribution in [0.15, 0.2) is 0 Å². The summed E-state index contributed by atoms with van der Waals surface area (Å²) in [6.45, 7) is -1.23. The topological polar surface area (TPSA) is 278 Å². The van der Waals surface area contributed by atoms with Crippen LogP contribution in [0.1, 0.15) is 6.92 Å². The van der Waals surface area contributed by atoms with Gasteiger partial charge in [-0.15, -0.1) is 0 Å². The Labute approximate surface area is 210 Å². The van der Waals surface area contributed by atoms with Crippen LogP contribution < -0.4 is 5.32 Å². The molecule has 0 aromatic carbocycles. The monoisotopic (exact) mass is 545 g/mol. The van der Waals surface area contributed by atoms with Crippen molar-refractivity contribution in [3.63, 3.8) is 0 Å². The van der Waals surface area contributed by atoms with E-state index in [1.165, 1.54) is 0 Å². The summed E-state index contributed by atoms with van der Waals surface area (Å²) in [4.78, 5) is 11.9. The lowest BCUT2D eigenvalue weighted by atomic mass is 9.94. The maximum atomic E-state index is 11.9. The molecule has 0 radical (unpaired) electrons. The van der Waals surface area contributed by atoms with Gasteiger partial charge in [-0.25, -0.2) is 0 Å². The van der Waals surface area contributed by atoms with E-state index in [1.807, 2.05) is 0 Å². The maximum Gasteiger partial charge on any atom is 0.217 e. The van der Waals surface area contributed by atoms with Gasteiger partial charge in [0.1, 0.15) is 73.2 Å². The Morgan fingerprint density at radius 1 is 0.649 bits per heavy atom. The molecule has 0 unspecified atom stereocenters. The molecular formula is C20H35NO16. The van der Waals surface area contributed by atoms with Crippen LogP contribution in [0.25, 0.3) is 0 Å². The summed E-state index contributed by atoms with van der Waals surface area (Å²) in [6, 6.07) is -1.47. The summed E-state index contributed by atoms with van der Waals surface area (Å²) in [5.41, 5.74) is 0. The molecule has 15 atom stereocenters. The minimum atomic E-state index is -1.84. The second-order valence-electron chi connectivity index (χ2n) is 9.07. The Morgan fingerprint density at radius 3 is 1.73 bits per heavy atom. The highest BCUT2D eigenvalue weighted by atomic mass is 16.7. The molecule has 0 aliphatic carbocycles. The van der Waals surface area contributed by atoms with Crippen LogP contribution in [0.5, 0.6) is 0 Å². The lowest BCUT2D eigenvalue weighted by molar-refractivity contribution is -0.365. The summed E-state index contributed by atoms with van der Waals surface area (Å²) in [5, 5.41) is 103. The van der Waals surface area contributed by atoms with E-state index in [2.05, 4.69) is 5.32 Å². The first kappa shape index (κ1) is 30.4. The highest BCUT2D eigenvalue weighted by Crippen LogP contribution is 2.32. The number of nitrogens with one attached hydrogen (secondary N) is 1. The molecule has 0 spiro atoms. The zero-order valence-electron chi connectivity index (χ0n) is 19.7. The fraction of sp³-hybridized carbons (Fsp3) is 0.950. The number of hydrogen-bond donors (Lipinski definition) is 11. The maximum absolute atomic E-state index is 11.9. The summed E-state index contributed by atoms with van der Waals surface area (Å²) in [6.07, 6.45) is -23.1. The number of carbonyl (C=O) groups is 1. The lowest BCUT2D eigenvalue weighted by Gasteiger charge is -2.49. The second-order valence-corrected chi connectivity index (χ2v) is 9.07. The van der Waals surface area contributed by atoms with E-state index in [0.29, 0.717) is 0 Å². The summed E-state index contributed by atoms with van der Waals surface area (Å²) in [7, 11) is 0. The van der Waals surface area contributed by atoms with Gasteiger partial charge in [-0.3, -0.25) is 4.79 Å². The molecular weight excluding hydrogens is 510 g/mol. The fourth-order valence-corrected chi connectivity index (χ4v) is 4.46. The van der Waals surface area contributed by atoms with Gasteiger partial charge >= 0.3 is 0 Å². The van der Waals surface area contributed by atoms with Gasteiger partial charge in [-0.1, -0.05) is 0 Å². The molecule has 3 aliphatic heterocycles. The molecule has 3 saturated heterocycles. The standard InChI is InChI=1S/C20H35NO16/c1-5(25)21-9-11(27)16(37-20-15(31)12(28)10(26)6(2-22)34-20)8(4-24)35-19(9)36-17-7(3-23)33-18(32)14(30)13(17)29/h6-20,22-24,26-32H,2-4H2,1H3,(H,21,25)/t6-,7-,8-,9-,10+,11-,12+,13-,14+,15-,16-,17-,18-,19+,20+/m1/s1. The van der Waals surface area contributed by atoms with Gasteiger partial charge in [0.05, 0.1) is 19.8 Å². The van der Waals surface area contributed by atoms with Gasteiger partial charge < -0.3 is 80.1 Å². The third kappa shape index (κ3) is 6.38. The zero-order chi connectivity index (χ0) is 27.6. The Kier molecular flexibility index (Phi) is 10.5. The zero-order valence-corrected chi connectivity index (χ0v) is 19.7. The molecule has 17 nitrogen and oxygen atoms in total. The Morgan fingerprint density at radius 2 is 1.16 bits per heavy atom. The van der Waals surface area contributed by atoms with Gasteiger partial charge in [0, 0.05) is 6.92 Å². The third-order valence-electron chi connectivity index (χ3n) is 6.49. The van der Waals surface area contributed by atoms with Gasteiger partial charge in [-0.05, 0) is 0 Å². The minimum Gasteiger partial charge on any atom is -0.394 e. The van der Waals surface area contributed by atoms with Crippen LogP contribution in [0.4, 0.5) is 0 Å². The number of aliphatic hydroxyl groups excluding tert-OH is 10. The molecule has 11 N–H and O–H groups in total. The molecule has 3 fully saturated rings. The van der Waals surface area contributed by atoms with Crippen molar-refractivity contribution in [2.75, 3.05) is 19.8 Å². The summed E-state index contributed by atoms with van der Waals surface area (Å²) in [5.74, 6) is -0.676. The fourth-order valence-electron chi connectivity index (χ4n) is 4.46. The van der Waals surface area contributed by atoms with Crippen LogP contribution in [0, 0.1) is 0 Å². The molecule has 17 heteroatoms. The predicted octanol–water partition coefficient (Wildman–Crippen LogP) is -7.43. The molecule has 37 heavy (non-hydrogen) atoms. The van der Waals surface area contributed by atoms with Crippen LogP contribution in [-0.4, -0.2) is 169 Å². The van der Waals surface area contributed by atoms with Gasteiger partial charge in [0.2, 0.25) is 5.91 Å². The molecule has 0 saturated carbocycles. The summed E-state index contributed by atoms with van der Waals surface area (Å²) >= 11 is 0. The van der Waals surface area contributed by atoms with Crippen molar-refractivity contribution in [3.8, 4) is 0 Å². The van der Waals surface area contributed by atoms with Crippen molar-refractivity contribution >= 4 is 5.91 Å². The average Bonchev–Trinajstić information content (AvgIpc) is 2.87. The van der Waals surface area contributed by atoms with E-state index < -0.39 is 118 Å². The van der Waals surface area contributed by atoms with Crippen LogP contribution >= 0.6 is 0 Å². The van der Waals surface area contributed by atoms with E-state index in [9.17, 15) is 55.9 Å². The van der Waals surface area contributed by atoms with Crippen LogP contribution in [0.2, 0.25) is 0 Å².